The van der Waals surface area contributed by atoms with Crippen LogP contribution in [0.5, 0.6) is 0 Å². The number of ketones is 1. The Hall–Kier alpha value is -2.86. The van der Waals surface area contributed by atoms with Crippen LogP contribution in [0.2, 0.25) is 0 Å². The van der Waals surface area contributed by atoms with E-state index < -0.39 is 0 Å². The minimum Gasteiger partial charge on any atom is -0.356 e. The molecule has 1 aromatic heterocycles. The van der Waals surface area contributed by atoms with Gasteiger partial charge in [0.25, 0.3) is 0 Å². The zero-order valence-electron chi connectivity index (χ0n) is 16.9. The van der Waals surface area contributed by atoms with Crippen molar-refractivity contribution in [3.63, 3.8) is 0 Å². The summed E-state index contributed by atoms with van der Waals surface area (Å²) in [4.78, 5) is 28.3. The highest BCUT2D eigenvalue weighted by Crippen LogP contribution is 2.27. The molecule has 3 aromatic rings. The second kappa shape index (κ2) is 9.56. The summed E-state index contributed by atoms with van der Waals surface area (Å²) in [6.45, 7) is 6.06. The molecule has 0 fully saturated rings. The molecule has 0 saturated carbocycles. The van der Waals surface area contributed by atoms with Gasteiger partial charge in [-0.2, -0.15) is 0 Å². The monoisotopic (exact) mass is 407 g/mol. The molecule has 0 radical (unpaired) electrons. The van der Waals surface area contributed by atoms with Crippen molar-refractivity contribution in [3.8, 4) is 5.69 Å². The molecule has 150 valence electrons. The number of carbonyl (C=O) groups excluding carboxylic acids is 2. The molecule has 1 amide bonds. The molecule has 1 atom stereocenters. The highest BCUT2D eigenvalue weighted by molar-refractivity contribution is 8.00. The maximum Gasteiger partial charge on any atom is 0.216 e. The van der Waals surface area contributed by atoms with E-state index in [1.165, 1.54) is 24.2 Å². The summed E-state index contributed by atoms with van der Waals surface area (Å²) in [5, 5.41) is 3.31. The van der Waals surface area contributed by atoms with Crippen LogP contribution < -0.4 is 5.32 Å². The van der Waals surface area contributed by atoms with E-state index >= 15 is 0 Å². The summed E-state index contributed by atoms with van der Waals surface area (Å²) in [6.07, 6.45) is 4.41. The number of aryl methyl sites for hydroxylation is 1. The smallest absolute Gasteiger partial charge is 0.216 e. The van der Waals surface area contributed by atoms with Crippen LogP contribution in [0.1, 0.15) is 35.3 Å². The fourth-order valence-electron chi connectivity index (χ4n) is 3.02. The highest BCUT2D eigenvalue weighted by Gasteiger charge is 2.19. The fraction of sp³-hybridized carbons (Fsp3) is 0.261. The molecule has 3 rings (SSSR count). The second-order valence-corrected chi connectivity index (χ2v) is 8.28. The van der Waals surface area contributed by atoms with Gasteiger partial charge in [0.15, 0.2) is 10.9 Å². The van der Waals surface area contributed by atoms with E-state index in [9.17, 15) is 9.59 Å². The Balaban J connectivity index is 1.66. The van der Waals surface area contributed by atoms with E-state index in [4.69, 9.17) is 0 Å². The predicted molar refractivity (Wildman–Crippen MR) is 117 cm³/mol. The number of aromatic nitrogens is 2. The first-order chi connectivity index (χ1) is 13.9. The number of hydrogen-bond donors (Lipinski definition) is 1. The predicted octanol–water partition coefficient (Wildman–Crippen LogP) is 4.22. The number of thioether (sulfide) groups is 1. The molecule has 0 spiro atoms. The van der Waals surface area contributed by atoms with E-state index in [1.54, 1.807) is 6.20 Å². The van der Waals surface area contributed by atoms with Crippen LogP contribution in [-0.2, 0) is 11.2 Å². The number of nitrogens with one attached hydrogen (secondary N) is 1. The van der Waals surface area contributed by atoms with Gasteiger partial charge in [0.05, 0.1) is 5.25 Å². The Morgan fingerprint density at radius 1 is 1.17 bits per heavy atom. The SMILES string of the molecule is CC(=O)NCCc1ccc(C(=O)[C@@H](C)Sc2nccn2-c2cccc(C)c2)cc1. The zero-order valence-corrected chi connectivity index (χ0v) is 17.7. The van der Waals surface area contributed by atoms with Crippen molar-refractivity contribution in [2.45, 2.75) is 37.6 Å². The molecule has 6 heteroatoms. The summed E-state index contributed by atoms with van der Waals surface area (Å²) in [5.74, 6) is 0.0360. The van der Waals surface area contributed by atoms with E-state index in [2.05, 4.69) is 29.4 Å². The lowest BCUT2D eigenvalue weighted by molar-refractivity contribution is -0.118. The minimum atomic E-state index is -0.258. The number of imidazole rings is 1. The number of Topliss-reactive ketones (excluding diaryl/α,β-unsaturated/α-hetero) is 1. The maximum atomic E-state index is 12.9. The van der Waals surface area contributed by atoms with Gasteiger partial charge in [-0.15, -0.1) is 0 Å². The lowest BCUT2D eigenvalue weighted by atomic mass is 10.0. The third-order valence-corrected chi connectivity index (χ3v) is 5.64. The van der Waals surface area contributed by atoms with Crippen LogP contribution in [-0.4, -0.2) is 33.0 Å². The summed E-state index contributed by atoms with van der Waals surface area (Å²) >= 11 is 1.46. The van der Waals surface area contributed by atoms with Crippen LogP contribution in [0.4, 0.5) is 0 Å². The van der Waals surface area contributed by atoms with Gasteiger partial charge in [-0.3, -0.25) is 14.2 Å². The Morgan fingerprint density at radius 3 is 2.62 bits per heavy atom. The fourth-order valence-corrected chi connectivity index (χ4v) is 3.98. The lowest BCUT2D eigenvalue weighted by Crippen LogP contribution is -2.22. The van der Waals surface area contributed by atoms with Gasteiger partial charge in [0.2, 0.25) is 5.91 Å². The Bertz CT molecular complexity index is 995. The second-order valence-electron chi connectivity index (χ2n) is 6.97. The summed E-state index contributed by atoms with van der Waals surface area (Å²) in [5.41, 5.74) is 3.98. The van der Waals surface area contributed by atoms with Crippen LogP contribution in [0.15, 0.2) is 66.1 Å². The molecule has 0 saturated heterocycles. The van der Waals surface area contributed by atoms with E-state index in [-0.39, 0.29) is 16.9 Å². The van der Waals surface area contributed by atoms with Crippen LogP contribution in [0.3, 0.4) is 0 Å². The van der Waals surface area contributed by atoms with Crippen molar-refractivity contribution >= 4 is 23.5 Å². The first kappa shape index (κ1) is 20.9. The number of benzene rings is 2. The standard InChI is InChI=1S/C23H25N3O2S/c1-16-5-4-6-21(15-16)26-14-13-25-23(26)29-17(2)22(28)20-9-7-19(8-10-20)11-12-24-18(3)27/h4-10,13-15,17H,11-12H2,1-3H3,(H,24,27)/t17-/m1/s1. The molecule has 1 N–H and O–H groups in total. The van der Waals surface area contributed by atoms with Gasteiger partial charge in [-0.05, 0) is 43.5 Å². The lowest BCUT2D eigenvalue weighted by Gasteiger charge is -2.13. The summed E-state index contributed by atoms with van der Waals surface area (Å²) < 4.78 is 2.01. The van der Waals surface area contributed by atoms with Crippen molar-refractivity contribution in [1.82, 2.24) is 14.9 Å². The van der Waals surface area contributed by atoms with Gasteiger partial charge in [-0.1, -0.05) is 48.2 Å². The molecule has 2 aromatic carbocycles. The van der Waals surface area contributed by atoms with Crippen molar-refractivity contribution in [2.75, 3.05) is 6.54 Å². The Kier molecular flexibility index (Phi) is 6.88. The van der Waals surface area contributed by atoms with E-state index in [0.29, 0.717) is 12.1 Å². The average Bonchev–Trinajstić information content (AvgIpc) is 3.16. The van der Waals surface area contributed by atoms with Gasteiger partial charge in [0, 0.05) is 37.1 Å². The van der Waals surface area contributed by atoms with Crippen molar-refractivity contribution in [1.29, 1.82) is 0 Å². The quantitative estimate of drug-likeness (QED) is 0.448. The summed E-state index contributed by atoms with van der Waals surface area (Å²) in [7, 11) is 0. The largest absolute Gasteiger partial charge is 0.356 e. The molecule has 0 aliphatic rings. The molecule has 0 bridgehead atoms. The van der Waals surface area contributed by atoms with E-state index in [1.807, 2.05) is 54.1 Å². The number of nitrogens with zero attached hydrogens (tertiary/aromatic N) is 2. The molecule has 0 aliphatic carbocycles. The zero-order chi connectivity index (χ0) is 20.8. The Morgan fingerprint density at radius 2 is 1.93 bits per heavy atom. The highest BCUT2D eigenvalue weighted by atomic mass is 32.2. The molecule has 5 nitrogen and oxygen atoms in total. The molecule has 0 aliphatic heterocycles. The summed E-state index contributed by atoms with van der Waals surface area (Å²) in [6, 6.07) is 15.8. The first-order valence-corrected chi connectivity index (χ1v) is 10.5. The van der Waals surface area contributed by atoms with Gasteiger partial charge in [0.1, 0.15) is 0 Å². The number of amides is 1. The third kappa shape index (κ3) is 5.57. The normalized spacial score (nSPS) is 11.8. The number of carbonyl (C=O) groups is 2. The van der Waals surface area contributed by atoms with Gasteiger partial charge < -0.3 is 5.32 Å². The maximum absolute atomic E-state index is 12.9. The Labute approximate surface area is 175 Å². The molecule has 29 heavy (non-hydrogen) atoms. The molecule has 1 heterocycles. The number of rotatable bonds is 8. The van der Waals surface area contributed by atoms with Crippen molar-refractivity contribution in [2.24, 2.45) is 0 Å². The van der Waals surface area contributed by atoms with Gasteiger partial charge >= 0.3 is 0 Å². The van der Waals surface area contributed by atoms with Crippen LogP contribution in [0.25, 0.3) is 5.69 Å². The average molecular weight is 408 g/mol. The number of hydrogen-bond acceptors (Lipinski definition) is 4. The van der Waals surface area contributed by atoms with Crippen molar-refractivity contribution < 1.29 is 9.59 Å². The minimum absolute atomic E-state index is 0.0355. The molecular weight excluding hydrogens is 382 g/mol. The van der Waals surface area contributed by atoms with Crippen LogP contribution in [0, 0.1) is 6.92 Å². The van der Waals surface area contributed by atoms with Crippen molar-refractivity contribution in [3.05, 3.63) is 77.6 Å². The van der Waals surface area contributed by atoms with Crippen LogP contribution >= 0.6 is 11.8 Å². The molecular formula is C23H25N3O2S. The topological polar surface area (TPSA) is 64.0 Å². The third-order valence-electron chi connectivity index (χ3n) is 4.56. The van der Waals surface area contributed by atoms with Gasteiger partial charge in [-0.25, -0.2) is 4.98 Å². The first-order valence-electron chi connectivity index (χ1n) is 9.58. The molecule has 0 unspecified atom stereocenters. The van der Waals surface area contributed by atoms with E-state index in [0.717, 1.165) is 22.8 Å².